The molecule has 26 heavy (non-hydrogen) atoms. The molecule has 2 rings (SSSR count). The number of hydrazone groups is 1. The first kappa shape index (κ1) is 19.2. The molecule has 0 aliphatic rings. The molecular weight excluding hydrogens is 326 g/mol. The van der Waals surface area contributed by atoms with Gasteiger partial charge in [0.05, 0.1) is 13.7 Å². The third kappa shape index (κ3) is 5.48. The molecule has 5 heteroatoms. The Balaban J connectivity index is 1.83. The van der Waals surface area contributed by atoms with E-state index in [1.165, 1.54) is 11.8 Å². The third-order valence-corrected chi connectivity index (χ3v) is 3.87. The SMILES string of the molecule is COc1ccccc1/C=C/C=N\NC(=O)CNc1c(C)cc(C)cc1C. The van der Waals surface area contributed by atoms with Gasteiger partial charge in [-0.1, -0.05) is 35.9 Å². The zero-order valence-corrected chi connectivity index (χ0v) is 15.7. The van der Waals surface area contributed by atoms with E-state index < -0.39 is 0 Å². The Morgan fingerprint density at radius 3 is 2.54 bits per heavy atom. The molecule has 0 fully saturated rings. The van der Waals surface area contributed by atoms with Crippen molar-refractivity contribution >= 4 is 23.9 Å². The number of methoxy groups -OCH3 is 1. The number of carbonyl (C=O) groups excluding carboxylic acids is 1. The van der Waals surface area contributed by atoms with Gasteiger partial charge in [0.15, 0.2) is 0 Å². The van der Waals surface area contributed by atoms with Gasteiger partial charge in [-0.05, 0) is 50.1 Å². The quantitative estimate of drug-likeness (QED) is 0.588. The molecule has 2 N–H and O–H groups in total. The molecule has 0 aliphatic carbocycles. The molecule has 0 spiro atoms. The van der Waals surface area contributed by atoms with Crippen LogP contribution in [0.15, 0.2) is 47.6 Å². The second-order valence-corrected chi connectivity index (χ2v) is 6.04. The van der Waals surface area contributed by atoms with Gasteiger partial charge < -0.3 is 10.1 Å². The number of rotatable bonds is 7. The van der Waals surface area contributed by atoms with Gasteiger partial charge in [0.25, 0.3) is 5.91 Å². The molecular formula is C21H25N3O2. The molecule has 0 aromatic heterocycles. The Morgan fingerprint density at radius 2 is 1.85 bits per heavy atom. The molecule has 0 bridgehead atoms. The van der Waals surface area contributed by atoms with Crippen LogP contribution < -0.4 is 15.5 Å². The highest BCUT2D eigenvalue weighted by Crippen LogP contribution is 2.21. The van der Waals surface area contributed by atoms with Crippen molar-refractivity contribution in [2.45, 2.75) is 20.8 Å². The van der Waals surface area contributed by atoms with Gasteiger partial charge in [0.2, 0.25) is 0 Å². The molecule has 1 amide bonds. The number of benzene rings is 2. The van der Waals surface area contributed by atoms with Crippen LogP contribution in [0.5, 0.6) is 5.75 Å². The molecule has 0 aliphatic heterocycles. The topological polar surface area (TPSA) is 62.7 Å². The zero-order valence-electron chi connectivity index (χ0n) is 15.7. The number of carbonyl (C=O) groups is 1. The molecule has 0 heterocycles. The van der Waals surface area contributed by atoms with Gasteiger partial charge in [-0.15, -0.1) is 0 Å². The zero-order chi connectivity index (χ0) is 18.9. The maximum atomic E-state index is 11.9. The normalized spacial score (nSPS) is 11.1. The standard InChI is InChI=1S/C21H25N3O2/c1-15-12-16(2)21(17(3)13-15)22-14-20(25)24-23-11-7-9-18-8-5-6-10-19(18)26-4/h5-13,22H,14H2,1-4H3,(H,24,25)/b9-7+,23-11-. The minimum atomic E-state index is -0.202. The summed E-state index contributed by atoms with van der Waals surface area (Å²) in [4.78, 5) is 11.9. The second-order valence-electron chi connectivity index (χ2n) is 6.04. The van der Waals surface area contributed by atoms with E-state index in [1.807, 2.05) is 44.2 Å². The summed E-state index contributed by atoms with van der Waals surface area (Å²) in [6.45, 7) is 6.28. The third-order valence-electron chi connectivity index (χ3n) is 3.87. The number of aryl methyl sites for hydroxylation is 3. The highest BCUT2D eigenvalue weighted by molar-refractivity contribution is 5.84. The molecule has 0 saturated carbocycles. The lowest BCUT2D eigenvalue weighted by Gasteiger charge is -2.13. The van der Waals surface area contributed by atoms with Crippen LogP contribution in [0.3, 0.4) is 0 Å². The Bertz CT molecular complexity index is 803. The molecule has 0 radical (unpaired) electrons. The average molecular weight is 351 g/mol. The van der Waals surface area contributed by atoms with Crippen molar-refractivity contribution in [2.24, 2.45) is 5.10 Å². The monoisotopic (exact) mass is 351 g/mol. The maximum Gasteiger partial charge on any atom is 0.259 e. The van der Waals surface area contributed by atoms with Crippen molar-refractivity contribution in [3.05, 3.63) is 64.7 Å². The number of allylic oxidation sites excluding steroid dienone is 1. The second kappa shape index (κ2) is 9.42. The molecule has 0 saturated heterocycles. The van der Waals surface area contributed by atoms with Crippen LogP contribution in [0.25, 0.3) is 6.08 Å². The van der Waals surface area contributed by atoms with Crippen molar-refractivity contribution in [1.29, 1.82) is 0 Å². The predicted octanol–water partition coefficient (Wildman–Crippen LogP) is 3.85. The van der Waals surface area contributed by atoms with Crippen LogP contribution in [0, 0.1) is 20.8 Å². The molecule has 0 unspecified atom stereocenters. The minimum Gasteiger partial charge on any atom is -0.496 e. The number of nitrogens with one attached hydrogen (secondary N) is 2. The van der Waals surface area contributed by atoms with Crippen LogP contribution in [0.1, 0.15) is 22.3 Å². The van der Waals surface area contributed by atoms with E-state index in [2.05, 4.69) is 34.9 Å². The number of nitrogens with zero attached hydrogens (tertiary/aromatic N) is 1. The van der Waals surface area contributed by atoms with E-state index in [9.17, 15) is 4.79 Å². The van der Waals surface area contributed by atoms with E-state index in [1.54, 1.807) is 13.2 Å². The number of hydrogen-bond donors (Lipinski definition) is 2. The summed E-state index contributed by atoms with van der Waals surface area (Å²) in [5, 5.41) is 7.09. The van der Waals surface area contributed by atoms with E-state index in [-0.39, 0.29) is 12.5 Å². The summed E-state index contributed by atoms with van der Waals surface area (Å²) in [5.41, 5.74) is 7.90. The van der Waals surface area contributed by atoms with E-state index in [0.29, 0.717) is 0 Å². The molecule has 136 valence electrons. The van der Waals surface area contributed by atoms with Crippen molar-refractivity contribution in [3.63, 3.8) is 0 Å². The number of ether oxygens (including phenoxy) is 1. The van der Waals surface area contributed by atoms with Crippen LogP contribution in [-0.4, -0.2) is 25.8 Å². The summed E-state index contributed by atoms with van der Waals surface area (Å²) >= 11 is 0. The number of anilines is 1. The first-order valence-corrected chi connectivity index (χ1v) is 8.44. The summed E-state index contributed by atoms with van der Waals surface area (Å²) in [6, 6.07) is 11.9. The van der Waals surface area contributed by atoms with Gasteiger partial charge in [-0.2, -0.15) is 5.10 Å². The van der Waals surface area contributed by atoms with Crippen LogP contribution in [0.2, 0.25) is 0 Å². The molecule has 5 nitrogen and oxygen atoms in total. The Kier molecular flexibility index (Phi) is 6.97. The van der Waals surface area contributed by atoms with Crippen molar-refractivity contribution < 1.29 is 9.53 Å². The van der Waals surface area contributed by atoms with Gasteiger partial charge in [0, 0.05) is 17.5 Å². The lowest BCUT2D eigenvalue weighted by Crippen LogP contribution is -2.26. The lowest BCUT2D eigenvalue weighted by molar-refractivity contribution is -0.119. The van der Waals surface area contributed by atoms with Crippen LogP contribution >= 0.6 is 0 Å². The van der Waals surface area contributed by atoms with E-state index in [4.69, 9.17) is 4.74 Å². The maximum absolute atomic E-state index is 11.9. The first-order chi connectivity index (χ1) is 12.5. The Labute approximate surface area is 154 Å². The van der Waals surface area contributed by atoms with Gasteiger partial charge in [-0.3, -0.25) is 4.79 Å². The van der Waals surface area contributed by atoms with Gasteiger partial charge >= 0.3 is 0 Å². The lowest BCUT2D eigenvalue weighted by atomic mass is 10.1. The average Bonchev–Trinajstić information content (AvgIpc) is 2.60. The van der Waals surface area contributed by atoms with Gasteiger partial charge in [0.1, 0.15) is 5.75 Å². The van der Waals surface area contributed by atoms with Crippen LogP contribution in [-0.2, 0) is 4.79 Å². The largest absolute Gasteiger partial charge is 0.496 e. The number of amides is 1. The summed E-state index contributed by atoms with van der Waals surface area (Å²) < 4.78 is 5.27. The predicted molar refractivity (Wildman–Crippen MR) is 108 cm³/mol. The molecule has 2 aromatic carbocycles. The van der Waals surface area contributed by atoms with E-state index >= 15 is 0 Å². The highest BCUT2D eigenvalue weighted by Gasteiger charge is 2.05. The van der Waals surface area contributed by atoms with Gasteiger partial charge in [-0.25, -0.2) is 5.43 Å². The smallest absolute Gasteiger partial charge is 0.259 e. The fourth-order valence-corrected chi connectivity index (χ4v) is 2.77. The van der Waals surface area contributed by atoms with Crippen molar-refractivity contribution in [1.82, 2.24) is 5.43 Å². The Morgan fingerprint density at radius 1 is 1.15 bits per heavy atom. The summed E-state index contributed by atoms with van der Waals surface area (Å²) in [7, 11) is 1.63. The highest BCUT2D eigenvalue weighted by atomic mass is 16.5. The fraction of sp³-hybridized carbons (Fsp3) is 0.238. The number of para-hydroxylation sites is 1. The fourth-order valence-electron chi connectivity index (χ4n) is 2.77. The number of hydrogen-bond acceptors (Lipinski definition) is 4. The minimum absolute atomic E-state index is 0.165. The van der Waals surface area contributed by atoms with Crippen molar-refractivity contribution in [2.75, 3.05) is 19.0 Å². The van der Waals surface area contributed by atoms with Crippen molar-refractivity contribution in [3.8, 4) is 5.75 Å². The summed E-state index contributed by atoms with van der Waals surface area (Å²) in [6.07, 6.45) is 5.15. The van der Waals surface area contributed by atoms with E-state index in [0.717, 1.165) is 28.1 Å². The molecule has 2 aromatic rings. The Hall–Kier alpha value is -3.08. The van der Waals surface area contributed by atoms with Crippen LogP contribution in [0.4, 0.5) is 5.69 Å². The molecule has 0 atom stereocenters. The summed E-state index contributed by atoms with van der Waals surface area (Å²) in [5.74, 6) is 0.584. The first-order valence-electron chi connectivity index (χ1n) is 8.44.